The van der Waals surface area contributed by atoms with Gasteiger partial charge in [-0.15, -0.1) is 0 Å². The minimum Gasteiger partial charge on any atom is -0.465 e. The van der Waals surface area contributed by atoms with Gasteiger partial charge in [-0.25, -0.2) is 9.59 Å². The fourth-order valence-electron chi connectivity index (χ4n) is 0.857. The number of carboxylic acid groups (broad SMARTS) is 1. The molecule has 0 spiro atoms. The molecule has 1 amide bonds. The van der Waals surface area contributed by atoms with E-state index in [4.69, 9.17) is 14.6 Å². The van der Waals surface area contributed by atoms with Gasteiger partial charge in [-0.3, -0.25) is 0 Å². The minimum absolute atomic E-state index is 0.0544. The van der Waals surface area contributed by atoms with Crippen LogP contribution in [-0.4, -0.2) is 42.5 Å². The van der Waals surface area contributed by atoms with E-state index in [0.717, 1.165) is 0 Å². The minimum atomic E-state index is -1.29. The van der Waals surface area contributed by atoms with Crippen molar-refractivity contribution in [2.24, 2.45) is 0 Å². The van der Waals surface area contributed by atoms with Gasteiger partial charge < -0.3 is 19.9 Å². The van der Waals surface area contributed by atoms with Gasteiger partial charge in [0, 0.05) is 7.11 Å². The highest BCUT2D eigenvalue weighted by Crippen LogP contribution is 2.08. The highest BCUT2D eigenvalue weighted by molar-refractivity contribution is 5.81. The number of esters is 1. The van der Waals surface area contributed by atoms with Crippen LogP contribution in [0.5, 0.6) is 0 Å². The molecule has 0 aromatic rings. The Morgan fingerprint density at radius 3 is 2.27 bits per heavy atom. The van der Waals surface area contributed by atoms with Crippen molar-refractivity contribution in [3.05, 3.63) is 0 Å². The molecule has 0 aromatic carbocycles. The number of hydrogen-bond acceptors (Lipinski definition) is 4. The summed E-state index contributed by atoms with van der Waals surface area (Å²) in [6.45, 7) is 5.06. The third-order valence-corrected chi connectivity index (χ3v) is 1.32. The molecule has 0 fully saturated rings. The molecule has 6 nitrogen and oxygen atoms in total. The molecule has 1 unspecified atom stereocenters. The van der Waals surface area contributed by atoms with Crippen LogP contribution in [0, 0.1) is 0 Å². The van der Waals surface area contributed by atoms with Crippen LogP contribution < -0.4 is 5.32 Å². The molecule has 0 rings (SSSR count). The monoisotopic (exact) mass is 219 g/mol. The zero-order chi connectivity index (χ0) is 12.1. The van der Waals surface area contributed by atoms with Gasteiger partial charge in [-0.05, 0) is 20.8 Å². The van der Waals surface area contributed by atoms with Gasteiger partial charge in [0.2, 0.25) is 0 Å². The highest BCUT2D eigenvalue weighted by Gasteiger charge is 2.26. The van der Waals surface area contributed by atoms with Crippen LogP contribution in [0.4, 0.5) is 4.79 Å². The standard InChI is InChI=1S/C9H17NO5/c1-9(2,3)15-7(11)6(5-14-4)10-8(12)13/h6,10H,5H2,1-4H3,(H,12,13). The zero-order valence-corrected chi connectivity index (χ0v) is 9.36. The Balaban J connectivity index is 4.35. The first-order valence-corrected chi connectivity index (χ1v) is 4.47. The van der Waals surface area contributed by atoms with Crippen LogP contribution >= 0.6 is 0 Å². The highest BCUT2D eigenvalue weighted by atomic mass is 16.6. The van der Waals surface area contributed by atoms with Crippen molar-refractivity contribution in [1.29, 1.82) is 0 Å². The third-order valence-electron chi connectivity index (χ3n) is 1.32. The maximum atomic E-state index is 11.5. The largest absolute Gasteiger partial charge is 0.465 e. The fourth-order valence-corrected chi connectivity index (χ4v) is 0.857. The van der Waals surface area contributed by atoms with E-state index in [1.54, 1.807) is 20.8 Å². The second-order valence-corrected chi connectivity index (χ2v) is 3.99. The Labute approximate surface area is 88.6 Å². The lowest BCUT2D eigenvalue weighted by molar-refractivity contribution is -0.158. The van der Waals surface area contributed by atoms with Gasteiger partial charge in [0.15, 0.2) is 6.04 Å². The Kier molecular flexibility index (Phi) is 5.07. The number of carbonyl (C=O) groups excluding carboxylic acids is 1. The average molecular weight is 219 g/mol. The van der Waals surface area contributed by atoms with Crippen LogP contribution in [0.25, 0.3) is 0 Å². The first-order chi connectivity index (χ1) is 6.76. The lowest BCUT2D eigenvalue weighted by Crippen LogP contribution is -2.46. The number of hydrogen-bond donors (Lipinski definition) is 2. The van der Waals surface area contributed by atoms with Gasteiger partial charge in [-0.2, -0.15) is 0 Å². The summed E-state index contributed by atoms with van der Waals surface area (Å²) in [5.74, 6) is -0.647. The number of carbonyl (C=O) groups is 2. The van der Waals surface area contributed by atoms with Crippen LogP contribution in [0.1, 0.15) is 20.8 Å². The summed E-state index contributed by atoms with van der Waals surface area (Å²) in [6, 6.07) is -0.994. The van der Waals surface area contributed by atoms with Crippen molar-refractivity contribution in [1.82, 2.24) is 5.32 Å². The summed E-state index contributed by atoms with van der Waals surface area (Å²) in [4.78, 5) is 21.8. The van der Waals surface area contributed by atoms with Crippen LogP contribution in [0.3, 0.4) is 0 Å². The molecule has 0 saturated carbocycles. The molecule has 88 valence electrons. The van der Waals surface area contributed by atoms with Crippen molar-refractivity contribution >= 4 is 12.1 Å². The van der Waals surface area contributed by atoms with Crippen molar-refractivity contribution in [3.8, 4) is 0 Å². The van der Waals surface area contributed by atoms with E-state index in [1.807, 2.05) is 5.32 Å². The van der Waals surface area contributed by atoms with Crippen LogP contribution in [0.2, 0.25) is 0 Å². The molecule has 0 aliphatic carbocycles. The zero-order valence-electron chi connectivity index (χ0n) is 9.36. The quantitative estimate of drug-likeness (QED) is 0.677. The van der Waals surface area contributed by atoms with Crippen LogP contribution in [-0.2, 0) is 14.3 Å². The van der Waals surface area contributed by atoms with Crippen molar-refractivity contribution in [2.75, 3.05) is 13.7 Å². The number of rotatable bonds is 4. The molecule has 0 bridgehead atoms. The van der Waals surface area contributed by atoms with E-state index in [-0.39, 0.29) is 6.61 Å². The summed E-state index contributed by atoms with van der Waals surface area (Å²) in [6.07, 6.45) is -1.29. The summed E-state index contributed by atoms with van der Waals surface area (Å²) >= 11 is 0. The molecule has 15 heavy (non-hydrogen) atoms. The number of ether oxygens (including phenoxy) is 2. The first kappa shape index (κ1) is 13.7. The van der Waals surface area contributed by atoms with Gasteiger partial charge in [-0.1, -0.05) is 0 Å². The molecule has 0 heterocycles. The summed E-state index contributed by atoms with van der Waals surface area (Å²) in [5, 5.41) is 10.5. The molecule has 0 aliphatic rings. The van der Waals surface area contributed by atoms with Gasteiger partial charge in [0.25, 0.3) is 0 Å². The Bertz CT molecular complexity index is 233. The number of amides is 1. The lowest BCUT2D eigenvalue weighted by Gasteiger charge is -2.23. The Hall–Kier alpha value is -1.30. The maximum Gasteiger partial charge on any atom is 0.405 e. The smallest absolute Gasteiger partial charge is 0.405 e. The second-order valence-electron chi connectivity index (χ2n) is 3.99. The molecule has 2 N–H and O–H groups in total. The van der Waals surface area contributed by atoms with Crippen molar-refractivity contribution in [2.45, 2.75) is 32.4 Å². The second kappa shape index (κ2) is 5.55. The van der Waals surface area contributed by atoms with Gasteiger partial charge in [0.05, 0.1) is 6.61 Å². The predicted octanol–water partition coefficient (Wildman–Crippen LogP) is 0.611. The van der Waals surface area contributed by atoms with Gasteiger partial charge in [0.1, 0.15) is 5.60 Å². The normalized spacial score (nSPS) is 13.1. The molecule has 0 saturated heterocycles. The molecule has 0 radical (unpaired) electrons. The van der Waals surface area contributed by atoms with E-state index in [0.29, 0.717) is 0 Å². The van der Waals surface area contributed by atoms with E-state index in [2.05, 4.69) is 0 Å². The van der Waals surface area contributed by atoms with Gasteiger partial charge >= 0.3 is 12.1 Å². The van der Waals surface area contributed by atoms with Crippen molar-refractivity contribution in [3.63, 3.8) is 0 Å². The number of methoxy groups -OCH3 is 1. The number of nitrogens with one attached hydrogen (secondary N) is 1. The first-order valence-electron chi connectivity index (χ1n) is 4.47. The summed E-state index contributed by atoms with van der Waals surface area (Å²) < 4.78 is 9.72. The Morgan fingerprint density at radius 2 is 1.93 bits per heavy atom. The summed E-state index contributed by atoms with van der Waals surface area (Å²) in [7, 11) is 1.38. The van der Waals surface area contributed by atoms with E-state index in [9.17, 15) is 9.59 Å². The van der Waals surface area contributed by atoms with E-state index < -0.39 is 23.7 Å². The molecular formula is C9H17NO5. The maximum absolute atomic E-state index is 11.5. The SMILES string of the molecule is COCC(NC(=O)O)C(=O)OC(C)(C)C. The van der Waals surface area contributed by atoms with E-state index in [1.165, 1.54) is 7.11 Å². The Morgan fingerprint density at radius 1 is 1.40 bits per heavy atom. The predicted molar refractivity (Wildman–Crippen MR) is 52.7 cm³/mol. The average Bonchev–Trinajstić information content (AvgIpc) is 1.99. The molecule has 0 aromatic heterocycles. The van der Waals surface area contributed by atoms with Crippen molar-refractivity contribution < 1.29 is 24.2 Å². The van der Waals surface area contributed by atoms with Crippen LogP contribution in [0.15, 0.2) is 0 Å². The molecule has 1 atom stereocenters. The van der Waals surface area contributed by atoms with E-state index >= 15 is 0 Å². The summed E-state index contributed by atoms with van der Waals surface area (Å²) in [5.41, 5.74) is -0.650. The topological polar surface area (TPSA) is 84.9 Å². The third kappa shape index (κ3) is 6.73. The molecule has 6 heteroatoms. The molecule has 0 aliphatic heterocycles. The fraction of sp³-hybridized carbons (Fsp3) is 0.778. The molecular weight excluding hydrogens is 202 g/mol. The lowest BCUT2D eigenvalue weighted by atomic mass is 10.2.